The third-order valence-corrected chi connectivity index (χ3v) is 2.55. The lowest BCUT2D eigenvalue weighted by Gasteiger charge is -2.19. The Hall–Kier alpha value is 0.0300. The number of rotatable bonds is 5. The van der Waals surface area contributed by atoms with Crippen LogP contribution in [0, 0.1) is 0 Å². The van der Waals surface area contributed by atoms with Crippen LogP contribution in [0.1, 0.15) is 13.8 Å². The molecule has 6 nitrogen and oxygen atoms in total. The highest BCUT2D eigenvalue weighted by molar-refractivity contribution is 7.53. The molecule has 0 bridgehead atoms. The molecule has 0 heterocycles. The molecular formula is C5H14NO5P. The number of hydrogen-bond donors (Lipinski definition) is 3. The largest absolute Gasteiger partial charge is 0.368 e. The summed E-state index contributed by atoms with van der Waals surface area (Å²) in [5.74, 6) is 0. The fraction of sp³-hybridized carbons (Fsp3) is 1.00. The lowest BCUT2D eigenvalue weighted by molar-refractivity contribution is -0.0511. The van der Waals surface area contributed by atoms with Gasteiger partial charge < -0.3 is 15.9 Å². The number of aliphatic hydroxyl groups excluding tert-OH is 2. The van der Waals surface area contributed by atoms with Crippen molar-refractivity contribution in [3.63, 3.8) is 0 Å². The zero-order valence-corrected chi connectivity index (χ0v) is 7.90. The molecule has 2 atom stereocenters. The predicted octanol–water partition coefficient (Wildman–Crippen LogP) is -0.195. The van der Waals surface area contributed by atoms with E-state index in [-0.39, 0.29) is 6.29 Å². The number of nitrogens with two attached hydrogens (primary N) is 1. The van der Waals surface area contributed by atoms with E-state index in [2.05, 4.69) is 9.05 Å². The Balaban J connectivity index is 4.15. The molecule has 0 aromatic rings. The van der Waals surface area contributed by atoms with E-state index in [1.165, 1.54) is 13.8 Å². The molecule has 74 valence electrons. The highest BCUT2D eigenvalue weighted by Gasteiger charge is 2.26. The Morgan fingerprint density at radius 1 is 1.33 bits per heavy atom. The maximum atomic E-state index is 11.3. The molecule has 7 heteroatoms. The van der Waals surface area contributed by atoms with Gasteiger partial charge in [-0.1, -0.05) is 0 Å². The summed E-state index contributed by atoms with van der Waals surface area (Å²) in [5.41, 5.74) is 5.07. The molecule has 0 saturated carbocycles. The Labute approximate surface area is 70.8 Å². The predicted molar refractivity (Wildman–Crippen MR) is 42.2 cm³/mol. The highest BCUT2D eigenvalue weighted by Crippen LogP contribution is 2.47. The smallest absolute Gasteiger partial charge is 0.348 e. The van der Waals surface area contributed by atoms with Gasteiger partial charge in [0.2, 0.25) is 0 Å². The third kappa shape index (κ3) is 4.82. The Morgan fingerprint density at radius 3 is 1.83 bits per heavy atom. The Morgan fingerprint density at radius 2 is 1.67 bits per heavy atom. The molecule has 0 aliphatic carbocycles. The topological polar surface area (TPSA) is 102 Å². The summed E-state index contributed by atoms with van der Waals surface area (Å²) in [4.78, 5) is 0. The van der Waals surface area contributed by atoms with Crippen molar-refractivity contribution in [3.8, 4) is 0 Å². The van der Waals surface area contributed by atoms with Crippen molar-refractivity contribution in [1.29, 1.82) is 0 Å². The van der Waals surface area contributed by atoms with Gasteiger partial charge in [-0.2, -0.15) is 0 Å². The van der Waals surface area contributed by atoms with Crippen LogP contribution >= 0.6 is 7.60 Å². The van der Waals surface area contributed by atoms with Gasteiger partial charge in [0.25, 0.3) is 0 Å². The maximum absolute atomic E-state index is 11.3. The summed E-state index contributed by atoms with van der Waals surface area (Å²) in [6, 6.07) is 0. The van der Waals surface area contributed by atoms with Crippen LogP contribution in [-0.4, -0.2) is 29.1 Å². The van der Waals surface area contributed by atoms with Gasteiger partial charge in [-0.15, -0.1) is 0 Å². The molecule has 0 saturated heterocycles. The fourth-order valence-corrected chi connectivity index (χ4v) is 1.73. The van der Waals surface area contributed by atoms with Gasteiger partial charge in [-0.3, -0.25) is 13.6 Å². The zero-order valence-electron chi connectivity index (χ0n) is 7.01. The van der Waals surface area contributed by atoms with Crippen molar-refractivity contribution in [2.45, 2.75) is 26.4 Å². The minimum Gasteiger partial charge on any atom is -0.368 e. The second kappa shape index (κ2) is 4.91. The molecule has 4 N–H and O–H groups in total. The van der Waals surface area contributed by atoms with Gasteiger partial charge in [0.1, 0.15) is 0 Å². The second-order valence-corrected chi connectivity index (χ2v) is 4.21. The SMILES string of the molecule is CC(O)OP(=O)(CN)OC(C)O. The summed E-state index contributed by atoms with van der Waals surface area (Å²) in [5, 5.41) is 17.4. The summed E-state index contributed by atoms with van der Waals surface area (Å²) < 4.78 is 20.3. The third-order valence-electron chi connectivity index (χ3n) is 0.850. The molecule has 0 radical (unpaired) electrons. The van der Waals surface area contributed by atoms with Gasteiger partial charge >= 0.3 is 7.60 Å². The van der Waals surface area contributed by atoms with Crippen LogP contribution in [0.15, 0.2) is 0 Å². The molecule has 2 unspecified atom stereocenters. The van der Waals surface area contributed by atoms with Crippen LogP contribution in [0.5, 0.6) is 0 Å². The van der Waals surface area contributed by atoms with E-state index in [0.29, 0.717) is 0 Å². The summed E-state index contributed by atoms with van der Waals surface area (Å²) in [6.07, 6.45) is -2.86. The van der Waals surface area contributed by atoms with Crippen LogP contribution in [0.4, 0.5) is 0 Å². The second-order valence-electron chi connectivity index (χ2n) is 2.20. The monoisotopic (exact) mass is 199 g/mol. The average Bonchev–Trinajstić information content (AvgIpc) is 1.83. The molecule has 0 spiro atoms. The summed E-state index contributed by atoms with van der Waals surface area (Å²) in [7, 11) is -3.53. The van der Waals surface area contributed by atoms with Gasteiger partial charge in [0, 0.05) is 0 Å². The lowest BCUT2D eigenvalue weighted by Crippen LogP contribution is -2.16. The Bertz CT molecular complexity index is 157. The molecule has 12 heavy (non-hydrogen) atoms. The van der Waals surface area contributed by atoms with E-state index < -0.39 is 20.2 Å². The first-order valence-electron chi connectivity index (χ1n) is 3.41. The minimum atomic E-state index is -3.53. The van der Waals surface area contributed by atoms with Crippen LogP contribution in [0.2, 0.25) is 0 Å². The van der Waals surface area contributed by atoms with Gasteiger partial charge in [-0.25, -0.2) is 0 Å². The molecule has 0 aromatic heterocycles. The summed E-state index contributed by atoms with van der Waals surface area (Å²) in [6.45, 7) is 2.54. The van der Waals surface area contributed by atoms with Crippen molar-refractivity contribution in [1.82, 2.24) is 0 Å². The molecule has 0 fully saturated rings. The van der Waals surface area contributed by atoms with E-state index >= 15 is 0 Å². The quantitative estimate of drug-likeness (QED) is 0.418. The summed E-state index contributed by atoms with van der Waals surface area (Å²) >= 11 is 0. The molecule has 0 rings (SSSR count). The first-order valence-corrected chi connectivity index (χ1v) is 5.14. The van der Waals surface area contributed by atoms with Gasteiger partial charge in [-0.05, 0) is 13.8 Å². The van der Waals surface area contributed by atoms with E-state index in [4.69, 9.17) is 15.9 Å². The standard InChI is InChI=1S/C5H14NO5P/c1-4(7)10-12(9,3-6)11-5(2)8/h4-5,7-8H,3,6H2,1-2H3. The fourth-order valence-electron chi connectivity index (χ4n) is 0.576. The molecular weight excluding hydrogens is 185 g/mol. The number of hydrogen-bond acceptors (Lipinski definition) is 6. The van der Waals surface area contributed by atoms with Gasteiger partial charge in [0.15, 0.2) is 12.6 Å². The van der Waals surface area contributed by atoms with Crippen molar-refractivity contribution >= 4 is 7.60 Å². The lowest BCUT2D eigenvalue weighted by atomic mass is 10.8. The van der Waals surface area contributed by atoms with E-state index in [0.717, 1.165) is 0 Å². The Kier molecular flexibility index (Phi) is 4.92. The van der Waals surface area contributed by atoms with Crippen molar-refractivity contribution in [3.05, 3.63) is 0 Å². The normalized spacial score (nSPS) is 21.4. The number of aliphatic hydroxyl groups is 2. The molecule has 0 amide bonds. The van der Waals surface area contributed by atoms with E-state index in [1.54, 1.807) is 0 Å². The molecule has 0 aromatic carbocycles. The van der Waals surface area contributed by atoms with E-state index in [9.17, 15) is 4.57 Å². The molecule has 0 aliphatic rings. The zero-order chi connectivity index (χ0) is 9.78. The van der Waals surface area contributed by atoms with Crippen molar-refractivity contribution in [2.24, 2.45) is 5.73 Å². The van der Waals surface area contributed by atoms with Crippen molar-refractivity contribution < 1.29 is 23.8 Å². The first kappa shape index (κ1) is 12.0. The molecule has 0 aliphatic heterocycles. The average molecular weight is 199 g/mol. The maximum Gasteiger partial charge on any atom is 0.348 e. The first-order chi connectivity index (χ1) is 5.39. The van der Waals surface area contributed by atoms with E-state index in [1.807, 2.05) is 0 Å². The van der Waals surface area contributed by atoms with Gasteiger partial charge in [0.05, 0.1) is 6.29 Å². The van der Waals surface area contributed by atoms with Crippen molar-refractivity contribution in [2.75, 3.05) is 6.29 Å². The minimum absolute atomic E-state index is 0.386. The van der Waals surface area contributed by atoms with Crippen LogP contribution in [0.25, 0.3) is 0 Å². The van der Waals surface area contributed by atoms with Crippen LogP contribution in [-0.2, 0) is 13.6 Å². The highest BCUT2D eigenvalue weighted by atomic mass is 31.2. The van der Waals surface area contributed by atoms with Crippen LogP contribution in [0.3, 0.4) is 0 Å². The van der Waals surface area contributed by atoms with Crippen LogP contribution < -0.4 is 5.73 Å².